The van der Waals surface area contributed by atoms with Crippen molar-refractivity contribution in [2.45, 2.75) is 19.8 Å². The van der Waals surface area contributed by atoms with Crippen LogP contribution in [0, 0.1) is 0 Å². The number of methoxy groups -OCH3 is 2. The van der Waals surface area contributed by atoms with Crippen molar-refractivity contribution in [1.82, 2.24) is 4.98 Å². The Morgan fingerprint density at radius 2 is 1.68 bits per heavy atom. The third kappa shape index (κ3) is 4.14. The molecule has 28 heavy (non-hydrogen) atoms. The largest absolute Gasteiger partial charge is 0.496 e. The van der Waals surface area contributed by atoms with Crippen molar-refractivity contribution >= 4 is 11.6 Å². The number of anilines is 1. The summed E-state index contributed by atoms with van der Waals surface area (Å²) in [6, 6.07) is 16.8. The molecule has 0 unspecified atom stereocenters. The molecule has 0 spiro atoms. The van der Waals surface area contributed by atoms with Crippen molar-refractivity contribution < 1.29 is 14.3 Å². The summed E-state index contributed by atoms with van der Waals surface area (Å²) in [6.45, 7) is 4.27. The standard InChI is InChI=1S/C23H24N2O3/c1-15(2)16-7-10-18(11-8-16)25-23(26)17-9-12-19(21(14-17)28-4)22-20(27-3)6-5-13-24-22/h5-15H,1-4H3,(H,25,26). The van der Waals surface area contributed by atoms with E-state index < -0.39 is 0 Å². The molecule has 5 nitrogen and oxygen atoms in total. The monoisotopic (exact) mass is 376 g/mol. The lowest BCUT2D eigenvalue weighted by atomic mass is 10.0. The first-order valence-corrected chi connectivity index (χ1v) is 9.12. The van der Waals surface area contributed by atoms with Crippen LogP contribution in [0.3, 0.4) is 0 Å². The predicted octanol–water partition coefficient (Wildman–Crippen LogP) is 5.14. The van der Waals surface area contributed by atoms with Gasteiger partial charge in [-0.25, -0.2) is 0 Å². The van der Waals surface area contributed by atoms with Crippen molar-refractivity contribution in [2.24, 2.45) is 0 Å². The molecule has 2 aromatic carbocycles. The van der Waals surface area contributed by atoms with Crippen LogP contribution in [0.15, 0.2) is 60.8 Å². The van der Waals surface area contributed by atoms with Gasteiger partial charge in [0.05, 0.1) is 14.2 Å². The average Bonchev–Trinajstić information content (AvgIpc) is 2.73. The van der Waals surface area contributed by atoms with Gasteiger partial charge in [0.1, 0.15) is 17.2 Å². The van der Waals surface area contributed by atoms with Crippen LogP contribution in [0.2, 0.25) is 0 Å². The van der Waals surface area contributed by atoms with Gasteiger partial charge < -0.3 is 14.8 Å². The third-order valence-electron chi connectivity index (χ3n) is 4.54. The summed E-state index contributed by atoms with van der Waals surface area (Å²) in [6.07, 6.45) is 1.69. The Hall–Kier alpha value is -3.34. The number of pyridine rings is 1. The van der Waals surface area contributed by atoms with Crippen LogP contribution in [0.25, 0.3) is 11.3 Å². The first kappa shape index (κ1) is 19.4. The molecule has 3 rings (SSSR count). The maximum atomic E-state index is 12.7. The van der Waals surface area contributed by atoms with Gasteiger partial charge in [-0.3, -0.25) is 9.78 Å². The van der Waals surface area contributed by atoms with E-state index in [1.165, 1.54) is 5.56 Å². The fourth-order valence-corrected chi connectivity index (χ4v) is 2.94. The number of nitrogens with one attached hydrogen (secondary N) is 1. The fourth-order valence-electron chi connectivity index (χ4n) is 2.94. The Labute approximate surface area is 165 Å². The van der Waals surface area contributed by atoms with Gasteiger partial charge in [0, 0.05) is 23.0 Å². The van der Waals surface area contributed by atoms with E-state index in [-0.39, 0.29) is 5.91 Å². The van der Waals surface area contributed by atoms with Gasteiger partial charge in [0.2, 0.25) is 0 Å². The summed E-state index contributed by atoms with van der Waals surface area (Å²) in [5, 5.41) is 2.92. The highest BCUT2D eigenvalue weighted by molar-refractivity contribution is 6.05. The molecular weight excluding hydrogens is 352 g/mol. The molecular formula is C23H24N2O3. The number of carbonyl (C=O) groups is 1. The SMILES string of the molecule is COc1cc(C(=O)Nc2ccc(C(C)C)cc2)ccc1-c1ncccc1OC. The molecule has 1 aromatic heterocycles. The van der Waals surface area contributed by atoms with Crippen LogP contribution in [0.4, 0.5) is 5.69 Å². The second kappa shape index (κ2) is 8.57. The van der Waals surface area contributed by atoms with Gasteiger partial charge >= 0.3 is 0 Å². The molecule has 0 atom stereocenters. The minimum Gasteiger partial charge on any atom is -0.496 e. The van der Waals surface area contributed by atoms with E-state index in [2.05, 4.69) is 24.1 Å². The molecule has 1 N–H and O–H groups in total. The van der Waals surface area contributed by atoms with Gasteiger partial charge in [-0.15, -0.1) is 0 Å². The predicted molar refractivity (Wildman–Crippen MR) is 111 cm³/mol. The minimum absolute atomic E-state index is 0.199. The zero-order chi connectivity index (χ0) is 20.1. The minimum atomic E-state index is -0.199. The first-order chi connectivity index (χ1) is 13.5. The van der Waals surface area contributed by atoms with Crippen molar-refractivity contribution in [2.75, 3.05) is 19.5 Å². The zero-order valence-corrected chi connectivity index (χ0v) is 16.5. The molecule has 0 aliphatic carbocycles. The number of amides is 1. The lowest BCUT2D eigenvalue weighted by Gasteiger charge is -2.13. The Balaban J connectivity index is 1.86. The summed E-state index contributed by atoms with van der Waals surface area (Å²) < 4.78 is 10.9. The normalized spacial score (nSPS) is 10.6. The highest BCUT2D eigenvalue weighted by Gasteiger charge is 2.15. The van der Waals surface area contributed by atoms with E-state index in [0.717, 1.165) is 11.3 Å². The lowest BCUT2D eigenvalue weighted by molar-refractivity contribution is 0.102. The quantitative estimate of drug-likeness (QED) is 0.647. The summed E-state index contributed by atoms with van der Waals surface area (Å²) in [7, 11) is 3.17. The second-order valence-electron chi connectivity index (χ2n) is 6.70. The third-order valence-corrected chi connectivity index (χ3v) is 4.54. The molecule has 1 heterocycles. The van der Waals surface area contributed by atoms with Crippen LogP contribution < -0.4 is 14.8 Å². The molecule has 0 aliphatic rings. The molecule has 144 valence electrons. The number of hydrogen-bond acceptors (Lipinski definition) is 4. The molecule has 0 saturated carbocycles. The van der Waals surface area contributed by atoms with Gasteiger partial charge in [-0.1, -0.05) is 26.0 Å². The number of hydrogen-bond donors (Lipinski definition) is 1. The second-order valence-corrected chi connectivity index (χ2v) is 6.70. The van der Waals surface area contributed by atoms with Crippen molar-refractivity contribution in [3.63, 3.8) is 0 Å². The molecule has 0 saturated heterocycles. The molecule has 0 fully saturated rings. The number of rotatable bonds is 6. The van der Waals surface area contributed by atoms with Gasteiger partial charge in [-0.2, -0.15) is 0 Å². The Bertz CT molecular complexity index is 966. The maximum Gasteiger partial charge on any atom is 0.255 e. The van der Waals surface area contributed by atoms with E-state index in [9.17, 15) is 4.79 Å². The van der Waals surface area contributed by atoms with Crippen LogP contribution in [0.5, 0.6) is 11.5 Å². The molecule has 1 amide bonds. The van der Waals surface area contributed by atoms with Crippen molar-refractivity contribution in [1.29, 1.82) is 0 Å². The summed E-state index contributed by atoms with van der Waals surface area (Å²) >= 11 is 0. The topological polar surface area (TPSA) is 60.5 Å². The van der Waals surface area contributed by atoms with Crippen molar-refractivity contribution in [3.05, 3.63) is 71.9 Å². The highest BCUT2D eigenvalue weighted by atomic mass is 16.5. The summed E-state index contributed by atoms with van der Waals surface area (Å²) in [5.74, 6) is 1.45. The number of carbonyl (C=O) groups excluding carboxylic acids is 1. The lowest BCUT2D eigenvalue weighted by Crippen LogP contribution is -2.12. The van der Waals surface area contributed by atoms with Gasteiger partial charge in [0.15, 0.2) is 0 Å². The zero-order valence-electron chi connectivity index (χ0n) is 16.5. The van der Waals surface area contributed by atoms with Crippen LogP contribution in [-0.4, -0.2) is 25.1 Å². The van der Waals surface area contributed by atoms with E-state index in [0.29, 0.717) is 28.7 Å². The smallest absolute Gasteiger partial charge is 0.255 e. The molecule has 0 aliphatic heterocycles. The summed E-state index contributed by atoms with van der Waals surface area (Å²) in [5.41, 5.74) is 3.91. The number of nitrogens with zero attached hydrogens (tertiary/aromatic N) is 1. The van der Waals surface area contributed by atoms with Gasteiger partial charge in [0.25, 0.3) is 5.91 Å². The molecule has 0 radical (unpaired) electrons. The Morgan fingerprint density at radius 3 is 2.32 bits per heavy atom. The fraction of sp³-hybridized carbons (Fsp3) is 0.217. The first-order valence-electron chi connectivity index (χ1n) is 9.12. The molecule has 3 aromatic rings. The average molecular weight is 376 g/mol. The number of benzene rings is 2. The van der Waals surface area contributed by atoms with Crippen molar-refractivity contribution in [3.8, 4) is 22.8 Å². The maximum absolute atomic E-state index is 12.7. The Kier molecular flexibility index (Phi) is 5.94. The highest BCUT2D eigenvalue weighted by Crippen LogP contribution is 2.35. The Morgan fingerprint density at radius 1 is 0.964 bits per heavy atom. The number of ether oxygens (including phenoxy) is 2. The number of aromatic nitrogens is 1. The van der Waals surface area contributed by atoms with E-state index in [4.69, 9.17) is 9.47 Å². The molecule has 5 heteroatoms. The van der Waals surface area contributed by atoms with E-state index in [1.807, 2.05) is 36.4 Å². The summed E-state index contributed by atoms with van der Waals surface area (Å²) in [4.78, 5) is 17.1. The van der Waals surface area contributed by atoms with Gasteiger partial charge in [-0.05, 0) is 53.9 Å². The van der Waals surface area contributed by atoms with E-state index in [1.54, 1.807) is 38.6 Å². The van der Waals surface area contributed by atoms with Crippen LogP contribution in [0.1, 0.15) is 35.7 Å². The van der Waals surface area contributed by atoms with E-state index >= 15 is 0 Å². The molecule has 0 bridgehead atoms. The van der Waals surface area contributed by atoms with Crippen LogP contribution >= 0.6 is 0 Å². The van der Waals surface area contributed by atoms with Crippen LogP contribution in [-0.2, 0) is 0 Å².